The Morgan fingerprint density at radius 1 is 1.32 bits per heavy atom. The normalized spacial score (nSPS) is 28.2. The van der Waals surface area contributed by atoms with Gasteiger partial charge in [-0.3, -0.25) is 0 Å². The monoisotopic (exact) mass is 278 g/mol. The van der Waals surface area contributed by atoms with Gasteiger partial charge in [0.2, 0.25) is 0 Å². The number of rotatable bonds is 2. The largest absolute Gasteiger partial charge is 0.416 e. The SMILES string of the molecule is OC1COCC(Nc2cc(C(F)(F)F)ccn2)C1O. The van der Waals surface area contributed by atoms with Crippen molar-refractivity contribution in [3.05, 3.63) is 23.9 Å². The zero-order valence-electron chi connectivity index (χ0n) is 9.76. The van der Waals surface area contributed by atoms with Gasteiger partial charge in [0.25, 0.3) is 0 Å². The Kier molecular flexibility index (Phi) is 3.93. The van der Waals surface area contributed by atoms with Gasteiger partial charge < -0.3 is 20.3 Å². The molecule has 5 nitrogen and oxygen atoms in total. The first kappa shape index (κ1) is 14.0. The Bertz CT molecular complexity index is 441. The van der Waals surface area contributed by atoms with Crippen LogP contribution in [-0.4, -0.2) is 46.7 Å². The summed E-state index contributed by atoms with van der Waals surface area (Å²) in [5.41, 5.74) is -0.836. The summed E-state index contributed by atoms with van der Waals surface area (Å²) in [5.74, 6) is -0.0309. The van der Waals surface area contributed by atoms with Gasteiger partial charge in [-0.2, -0.15) is 13.2 Å². The second-order valence-electron chi connectivity index (χ2n) is 4.27. The van der Waals surface area contributed by atoms with E-state index in [0.717, 1.165) is 18.3 Å². The Hall–Kier alpha value is -1.38. The Balaban J connectivity index is 2.11. The second-order valence-corrected chi connectivity index (χ2v) is 4.27. The Morgan fingerprint density at radius 2 is 2.05 bits per heavy atom. The molecule has 0 spiro atoms. The number of nitrogens with zero attached hydrogens (tertiary/aromatic N) is 1. The quantitative estimate of drug-likeness (QED) is 0.740. The third kappa shape index (κ3) is 3.34. The van der Waals surface area contributed by atoms with Crippen molar-refractivity contribution in [3.63, 3.8) is 0 Å². The molecule has 0 bridgehead atoms. The minimum absolute atomic E-state index is 0.00460. The van der Waals surface area contributed by atoms with E-state index in [9.17, 15) is 23.4 Å². The van der Waals surface area contributed by atoms with Crippen molar-refractivity contribution in [3.8, 4) is 0 Å². The molecule has 2 heterocycles. The molecule has 0 aromatic carbocycles. The molecule has 1 aliphatic heterocycles. The van der Waals surface area contributed by atoms with E-state index in [1.54, 1.807) is 0 Å². The molecule has 0 saturated carbocycles. The number of hydrogen-bond acceptors (Lipinski definition) is 5. The smallest absolute Gasteiger partial charge is 0.388 e. The molecule has 2 rings (SSSR count). The predicted octanol–water partition coefficient (Wildman–Crippen LogP) is 0.633. The van der Waals surface area contributed by atoms with E-state index >= 15 is 0 Å². The van der Waals surface area contributed by atoms with Crippen molar-refractivity contribution in [2.24, 2.45) is 0 Å². The van der Waals surface area contributed by atoms with Gasteiger partial charge in [-0.05, 0) is 12.1 Å². The van der Waals surface area contributed by atoms with E-state index in [0.29, 0.717) is 0 Å². The molecule has 0 radical (unpaired) electrons. The molecule has 1 aliphatic rings. The molecule has 0 aliphatic carbocycles. The minimum atomic E-state index is -4.46. The molecule has 1 aromatic rings. The molecular formula is C11H13F3N2O3. The minimum Gasteiger partial charge on any atom is -0.388 e. The van der Waals surface area contributed by atoms with Gasteiger partial charge in [0, 0.05) is 6.20 Å². The fraction of sp³-hybridized carbons (Fsp3) is 0.545. The molecule has 106 valence electrons. The van der Waals surface area contributed by atoms with Crippen molar-refractivity contribution in [1.29, 1.82) is 0 Å². The van der Waals surface area contributed by atoms with Crippen LogP contribution in [-0.2, 0) is 10.9 Å². The standard InChI is InChI=1S/C11H13F3N2O3/c12-11(13,14)6-1-2-15-9(3-6)16-7-4-19-5-8(17)10(7)18/h1-3,7-8,10,17-18H,4-5H2,(H,15,16). The number of hydrogen-bond donors (Lipinski definition) is 3. The lowest BCUT2D eigenvalue weighted by molar-refractivity contribution is -0.137. The number of anilines is 1. The maximum absolute atomic E-state index is 12.5. The predicted molar refractivity (Wildman–Crippen MR) is 59.5 cm³/mol. The maximum Gasteiger partial charge on any atom is 0.416 e. The number of pyridine rings is 1. The zero-order chi connectivity index (χ0) is 14.0. The van der Waals surface area contributed by atoms with E-state index in [2.05, 4.69) is 10.3 Å². The maximum atomic E-state index is 12.5. The van der Waals surface area contributed by atoms with Crippen LogP contribution < -0.4 is 5.32 Å². The highest BCUT2D eigenvalue weighted by Gasteiger charge is 2.33. The summed E-state index contributed by atoms with van der Waals surface area (Å²) in [6.45, 7) is 0.0749. The molecule has 1 aromatic heterocycles. The molecule has 0 amide bonds. The zero-order valence-corrected chi connectivity index (χ0v) is 9.76. The highest BCUT2D eigenvalue weighted by molar-refractivity contribution is 5.40. The van der Waals surface area contributed by atoms with Gasteiger partial charge in [0.15, 0.2) is 0 Å². The molecule has 19 heavy (non-hydrogen) atoms. The van der Waals surface area contributed by atoms with E-state index in [1.165, 1.54) is 0 Å². The van der Waals surface area contributed by atoms with Crippen LogP contribution in [0.1, 0.15) is 5.56 Å². The summed E-state index contributed by atoms with van der Waals surface area (Å²) in [5, 5.41) is 21.7. The molecule has 3 unspecified atom stereocenters. The lowest BCUT2D eigenvalue weighted by Gasteiger charge is -2.32. The van der Waals surface area contributed by atoms with Crippen molar-refractivity contribution >= 4 is 5.82 Å². The van der Waals surface area contributed by atoms with Crippen molar-refractivity contribution in [1.82, 2.24) is 4.98 Å². The number of aliphatic hydroxyl groups excluding tert-OH is 2. The van der Waals surface area contributed by atoms with E-state index < -0.39 is 30.0 Å². The number of halogens is 3. The fourth-order valence-corrected chi connectivity index (χ4v) is 1.78. The van der Waals surface area contributed by atoms with Crippen LogP contribution in [0.5, 0.6) is 0 Å². The average Bonchev–Trinajstić information content (AvgIpc) is 2.34. The lowest BCUT2D eigenvalue weighted by Crippen LogP contribution is -2.51. The van der Waals surface area contributed by atoms with Gasteiger partial charge in [-0.25, -0.2) is 4.98 Å². The first-order valence-electron chi connectivity index (χ1n) is 5.61. The van der Waals surface area contributed by atoms with Gasteiger partial charge in [0.1, 0.15) is 18.0 Å². The highest BCUT2D eigenvalue weighted by Crippen LogP contribution is 2.30. The third-order valence-electron chi connectivity index (χ3n) is 2.81. The molecule has 8 heteroatoms. The first-order valence-corrected chi connectivity index (χ1v) is 5.61. The summed E-state index contributed by atoms with van der Waals surface area (Å²) in [6.07, 6.45) is -5.62. The van der Waals surface area contributed by atoms with E-state index in [-0.39, 0.29) is 19.0 Å². The van der Waals surface area contributed by atoms with Crippen LogP contribution in [0.25, 0.3) is 0 Å². The number of aliphatic hydroxyl groups is 2. The Morgan fingerprint density at radius 3 is 2.74 bits per heavy atom. The van der Waals surface area contributed by atoms with Crippen LogP contribution in [0.3, 0.4) is 0 Å². The molecule has 3 atom stereocenters. The number of aromatic nitrogens is 1. The highest BCUT2D eigenvalue weighted by atomic mass is 19.4. The van der Waals surface area contributed by atoms with E-state index in [1.807, 2.05) is 0 Å². The Labute approximate surface area is 107 Å². The van der Waals surface area contributed by atoms with Crippen LogP contribution in [0, 0.1) is 0 Å². The number of alkyl halides is 3. The average molecular weight is 278 g/mol. The van der Waals surface area contributed by atoms with Gasteiger partial charge >= 0.3 is 6.18 Å². The summed E-state index contributed by atoms with van der Waals surface area (Å²) in [4.78, 5) is 3.75. The third-order valence-corrected chi connectivity index (χ3v) is 2.81. The van der Waals surface area contributed by atoms with Gasteiger partial charge in [-0.15, -0.1) is 0 Å². The van der Waals surface area contributed by atoms with Crippen molar-refractivity contribution in [2.75, 3.05) is 18.5 Å². The summed E-state index contributed by atoms with van der Waals surface area (Å²) < 4.78 is 42.6. The second kappa shape index (κ2) is 5.32. The molecule has 1 saturated heterocycles. The number of ether oxygens (including phenoxy) is 1. The first-order chi connectivity index (χ1) is 8.88. The summed E-state index contributed by atoms with van der Waals surface area (Å²) in [7, 11) is 0. The van der Waals surface area contributed by atoms with Crippen LogP contribution >= 0.6 is 0 Å². The molecule has 1 fully saturated rings. The van der Waals surface area contributed by atoms with Crippen LogP contribution in [0.15, 0.2) is 18.3 Å². The summed E-state index contributed by atoms with van der Waals surface area (Å²) in [6, 6.07) is 0.987. The van der Waals surface area contributed by atoms with Gasteiger partial charge in [-0.1, -0.05) is 0 Å². The van der Waals surface area contributed by atoms with E-state index in [4.69, 9.17) is 4.74 Å². The van der Waals surface area contributed by atoms with Crippen LogP contribution in [0.2, 0.25) is 0 Å². The molecular weight excluding hydrogens is 265 g/mol. The van der Waals surface area contributed by atoms with Crippen molar-refractivity contribution < 1.29 is 28.1 Å². The van der Waals surface area contributed by atoms with Crippen molar-refractivity contribution in [2.45, 2.75) is 24.4 Å². The molecule has 3 N–H and O–H groups in total. The lowest BCUT2D eigenvalue weighted by atomic mass is 10.0. The number of nitrogens with one attached hydrogen (secondary N) is 1. The van der Waals surface area contributed by atoms with Gasteiger partial charge in [0.05, 0.1) is 24.8 Å². The van der Waals surface area contributed by atoms with Crippen LogP contribution in [0.4, 0.5) is 19.0 Å². The topological polar surface area (TPSA) is 74.6 Å². The summed E-state index contributed by atoms with van der Waals surface area (Å²) >= 11 is 0. The fourth-order valence-electron chi connectivity index (χ4n) is 1.78.